The summed E-state index contributed by atoms with van der Waals surface area (Å²) in [5, 5.41) is 3.35. The van der Waals surface area contributed by atoms with Gasteiger partial charge in [0.1, 0.15) is 0 Å². The highest BCUT2D eigenvalue weighted by atomic mass is 79.9. The summed E-state index contributed by atoms with van der Waals surface area (Å²) in [6, 6.07) is 7.89. The van der Waals surface area contributed by atoms with Gasteiger partial charge in [0.05, 0.1) is 23.3 Å². The molecule has 0 bridgehead atoms. The summed E-state index contributed by atoms with van der Waals surface area (Å²) in [6.45, 7) is 0.724. The number of H-pyrrole nitrogens is 2. The SMILES string of the molecule is Cn1cccc1CNc1cc2[nH]c(=O)[nH]c2cc1Br. The number of nitrogens with zero attached hydrogens (tertiary/aromatic N) is 1. The normalized spacial score (nSPS) is 11.1. The molecule has 0 aliphatic carbocycles. The van der Waals surface area contributed by atoms with E-state index in [2.05, 4.69) is 41.8 Å². The van der Waals surface area contributed by atoms with Gasteiger partial charge in [-0.1, -0.05) is 0 Å². The Morgan fingerprint density at radius 1 is 1.32 bits per heavy atom. The zero-order valence-electron chi connectivity index (χ0n) is 10.3. The van der Waals surface area contributed by atoms with E-state index in [0.29, 0.717) is 0 Å². The zero-order chi connectivity index (χ0) is 13.4. The minimum absolute atomic E-state index is 0.193. The first-order valence-corrected chi connectivity index (χ1v) is 6.68. The Labute approximate surface area is 117 Å². The number of nitrogens with one attached hydrogen (secondary N) is 3. The molecule has 0 unspecified atom stereocenters. The largest absolute Gasteiger partial charge is 0.378 e. The van der Waals surface area contributed by atoms with Crippen molar-refractivity contribution in [1.29, 1.82) is 0 Å². The quantitative estimate of drug-likeness (QED) is 0.694. The maximum atomic E-state index is 11.3. The summed E-state index contributed by atoms with van der Waals surface area (Å²) < 4.78 is 2.99. The minimum atomic E-state index is -0.193. The lowest BCUT2D eigenvalue weighted by atomic mass is 10.2. The topological polar surface area (TPSA) is 65.6 Å². The number of anilines is 1. The molecule has 3 aromatic rings. The third-order valence-electron chi connectivity index (χ3n) is 3.11. The van der Waals surface area contributed by atoms with Crippen LogP contribution < -0.4 is 11.0 Å². The monoisotopic (exact) mass is 320 g/mol. The lowest BCUT2D eigenvalue weighted by Gasteiger charge is -2.09. The maximum Gasteiger partial charge on any atom is 0.323 e. The molecule has 5 nitrogen and oxygen atoms in total. The molecule has 2 heterocycles. The van der Waals surface area contributed by atoms with Gasteiger partial charge in [0.25, 0.3) is 0 Å². The molecule has 0 saturated carbocycles. The van der Waals surface area contributed by atoms with E-state index in [1.165, 1.54) is 5.69 Å². The van der Waals surface area contributed by atoms with Crippen molar-refractivity contribution in [3.63, 3.8) is 0 Å². The van der Waals surface area contributed by atoms with Gasteiger partial charge in [0, 0.05) is 23.4 Å². The molecule has 0 saturated heterocycles. The third-order valence-corrected chi connectivity index (χ3v) is 3.77. The van der Waals surface area contributed by atoms with Crippen LogP contribution in [-0.4, -0.2) is 14.5 Å². The van der Waals surface area contributed by atoms with Crippen LogP contribution >= 0.6 is 15.9 Å². The predicted octanol–water partition coefficient (Wildman–Crippen LogP) is 2.57. The van der Waals surface area contributed by atoms with Crippen LogP contribution in [-0.2, 0) is 13.6 Å². The lowest BCUT2D eigenvalue weighted by molar-refractivity contribution is 0.842. The van der Waals surface area contributed by atoms with Crippen molar-refractivity contribution in [1.82, 2.24) is 14.5 Å². The number of aromatic nitrogens is 3. The van der Waals surface area contributed by atoms with Gasteiger partial charge in [-0.3, -0.25) is 0 Å². The van der Waals surface area contributed by atoms with Crippen molar-refractivity contribution in [3.05, 3.63) is 51.1 Å². The molecular weight excluding hydrogens is 308 g/mol. The number of rotatable bonds is 3. The predicted molar refractivity (Wildman–Crippen MR) is 79.4 cm³/mol. The molecule has 2 aromatic heterocycles. The molecule has 6 heteroatoms. The fourth-order valence-electron chi connectivity index (χ4n) is 2.06. The van der Waals surface area contributed by atoms with Crippen LogP contribution in [0.15, 0.2) is 39.7 Å². The van der Waals surface area contributed by atoms with Crippen molar-refractivity contribution >= 4 is 32.7 Å². The van der Waals surface area contributed by atoms with Gasteiger partial charge >= 0.3 is 5.69 Å². The van der Waals surface area contributed by atoms with E-state index >= 15 is 0 Å². The number of imidazole rings is 1. The molecule has 0 aliphatic heterocycles. The van der Waals surface area contributed by atoms with E-state index in [1.807, 2.05) is 31.4 Å². The first-order chi connectivity index (χ1) is 9.13. The maximum absolute atomic E-state index is 11.3. The molecule has 0 aliphatic rings. The fraction of sp³-hybridized carbons (Fsp3) is 0.154. The number of fused-ring (bicyclic) bond motifs is 1. The number of aryl methyl sites for hydroxylation is 1. The first-order valence-electron chi connectivity index (χ1n) is 5.89. The highest BCUT2D eigenvalue weighted by Gasteiger charge is 2.06. The van der Waals surface area contributed by atoms with E-state index in [9.17, 15) is 4.79 Å². The Morgan fingerprint density at radius 3 is 2.74 bits per heavy atom. The van der Waals surface area contributed by atoms with Gasteiger partial charge in [-0.2, -0.15) is 0 Å². The molecule has 0 radical (unpaired) electrons. The van der Waals surface area contributed by atoms with Crippen LogP contribution in [0, 0.1) is 0 Å². The number of benzene rings is 1. The Kier molecular flexibility index (Phi) is 2.94. The summed E-state index contributed by atoms with van der Waals surface area (Å²) in [7, 11) is 2.01. The van der Waals surface area contributed by atoms with Crippen LogP contribution in [0.2, 0.25) is 0 Å². The average Bonchev–Trinajstić information content (AvgIpc) is 2.91. The summed E-state index contributed by atoms with van der Waals surface area (Å²) >= 11 is 3.50. The smallest absolute Gasteiger partial charge is 0.323 e. The standard InChI is InChI=1S/C13H13BrN4O/c1-18-4-2-3-8(18)7-15-10-6-12-11(5-9(10)14)16-13(19)17-12/h2-6,15H,7H2,1H3,(H2,16,17,19). The summed E-state index contributed by atoms with van der Waals surface area (Å²) in [4.78, 5) is 16.7. The number of halogens is 1. The molecule has 0 atom stereocenters. The highest BCUT2D eigenvalue weighted by molar-refractivity contribution is 9.10. The van der Waals surface area contributed by atoms with Gasteiger partial charge in [-0.25, -0.2) is 4.79 Å². The summed E-state index contributed by atoms with van der Waals surface area (Å²) in [5.74, 6) is 0. The van der Waals surface area contributed by atoms with Gasteiger partial charge in [-0.05, 0) is 40.2 Å². The molecule has 19 heavy (non-hydrogen) atoms. The Bertz CT molecular complexity index is 783. The van der Waals surface area contributed by atoms with Crippen molar-refractivity contribution in [2.75, 3.05) is 5.32 Å². The van der Waals surface area contributed by atoms with Gasteiger partial charge < -0.3 is 19.9 Å². The number of aromatic amines is 2. The Balaban J connectivity index is 1.90. The van der Waals surface area contributed by atoms with Crippen molar-refractivity contribution in [2.45, 2.75) is 6.54 Å². The number of hydrogen-bond donors (Lipinski definition) is 3. The minimum Gasteiger partial charge on any atom is -0.378 e. The van der Waals surface area contributed by atoms with Crippen molar-refractivity contribution in [3.8, 4) is 0 Å². The lowest BCUT2D eigenvalue weighted by Crippen LogP contribution is -2.04. The van der Waals surface area contributed by atoms with E-state index in [4.69, 9.17) is 0 Å². The highest BCUT2D eigenvalue weighted by Crippen LogP contribution is 2.26. The number of hydrogen-bond acceptors (Lipinski definition) is 2. The van der Waals surface area contributed by atoms with Crippen molar-refractivity contribution in [2.24, 2.45) is 7.05 Å². The molecule has 3 rings (SSSR count). The molecule has 0 spiro atoms. The Morgan fingerprint density at radius 2 is 2.05 bits per heavy atom. The average molecular weight is 321 g/mol. The van der Waals surface area contributed by atoms with Crippen LogP contribution in [0.1, 0.15) is 5.69 Å². The van der Waals surface area contributed by atoms with Crippen LogP contribution in [0.3, 0.4) is 0 Å². The third kappa shape index (κ3) is 2.31. The summed E-state index contributed by atoms with van der Waals surface area (Å²) in [6.07, 6.45) is 2.01. The van der Waals surface area contributed by atoms with E-state index < -0.39 is 0 Å². The van der Waals surface area contributed by atoms with Crippen LogP contribution in [0.4, 0.5) is 5.69 Å². The second kappa shape index (κ2) is 4.62. The molecule has 0 amide bonds. The first kappa shape index (κ1) is 12.1. The van der Waals surface area contributed by atoms with Crippen LogP contribution in [0.5, 0.6) is 0 Å². The van der Waals surface area contributed by atoms with Gasteiger partial charge in [0.2, 0.25) is 0 Å². The zero-order valence-corrected chi connectivity index (χ0v) is 11.9. The van der Waals surface area contributed by atoms with E-state index in [-0.39, 0.29) is 5.69 Å². The fourth-order valence-corrected chi connectivity index (χ4v) is 2.54. The molecule has 0 fully saturated rings. The molecule has 98 valence electrons. The Hall–Kier alpha value is -1.95. The second-order valence-corrected chi connectivity index (χ2v) is 5.28. The van der Waals surface area contributed by atoms with Gasteiger partial charge in [-0.15, -0.1) is 0 Å². The van der Waals surface area contributed by atoms with Crippen LogP contribution in [0.25, 0.3) is 11.0 Å². The van der Waals surface area contributed by atoms with Gasteiger partial charge in [0.15, 0.2) is 0 Å². The second-order valence-electron chi connectivity index (χ2n) is 4.42. The van der Waals surface area contributed by atoms with Crippen molar-refractivity contribution < 1.29 is 0 Å². The van der Waals surface area contributed by atoms with E-state index in [0.717, 1.165) is 27.7 Å². The molecule has 1 aromatic carbocycles. The summed E-state index contributed by atoms with van der Waals surface area (Å²) in [5.41, 5.74) is 3.53. The molecule has 3 N–H and O–H groups in total. The molecular formula is C13H13BrN4O. The van der Waals surface area contributed by atoms with E-state index in [1.54, 1.807) is 0 Å².